The predicted molar refractivity (Wildman–Crippen MR) is 146 cm³/mol. The first-order valence-corrected chi connectivity index (χ1v) is 12.8. The van der Waals surface area contributed by atoms with Gasteiger partial charge >= 0.3 is 0 Å². The highest BCUT2D eigenvalue weighted by molar-refractivity contribution is 5.98. The second kappa shape index (κ2) is 11.4. The van der Waals surface area contributed by atoms with Gasteiger partial charge in [0.1, 0.15) is 11.4 Å². The Morgan fingerprint density at radius 2 is 1.76 bits per heavy atom. The third-order valence-corrected chi connectivity index (χ3v) is 6.93. The molecule has 1 aliphatic rings. The van der Waals surface area contributed by atoms with Crippen LogP contribution in [0, 0.1) is 0 Å². The Morgan fingerprint density at radius 3 is 2.41 bits per heavy atom. The summed E-state index contributed by atoms with van der Waals surface area (Å²) in [5, 5.41) is 20.0. The van der Waals surface area contributed by atoms with Crippen molar-refractivity contribution in [3.63, 3.8) is 0 Å². The maximum Gasteiger partial charge on any atom is 0.291 e. The second-order valence-electron chi connectivity index (χ2n) is 9.70. The van der Waals surface area contributed by atoms with Crippen molar-refractivity contribution in [2.45, 2.75) is 57.5 Å². The van der Waals surface area contributed by atoms with Gasteiger partial charge < -0.3 is 20.6 Å². The van der Waals surface area contributed by atoms with E-state index in [0.717, 1.165) is 37.7 Å². The summed E-state index contributed by atoms with van der Waals surface area (Å²) in [4.78, 5) is 41.2. The van der Waals surface area contributed by atoms with Crippen LogP contribution in [0.5, 0.6) is 5.75 Å². The Bertz CT molecular complexity index is 1360. The van der Waals surface area contributed by atoms with Crippen LogP contribution in [0.1, 0.15) is 73.5 Å². The molecule has 1 fully saturated rings. The van der Waals surface area contributed by atoms with Crippen LogP contribution in [-0.2, 0) is 0 Å². The van der Waals surface area contributed by atoms with Gasteiger partial charge in [-0.3, -0.25) is 19.5 Å². The standard InChI is InChI=1S/C28H35N5O4/c1-4-21(18-12-7-5-8-13-18)29-23-24(28(37)33(31-26(23)35)19-14-9-6-10-15-19)30-22-17-11-16-20(25(22)34)27(36)32(2)3/h5,7-8,11-13,16-17,19,21,29-30,34H,4,6,9-10,14-15H2,1-3H3,(H,31,35)/t21-/m1/s1. The van der Waals surface area contributed by atoms with Gasteiger partial charge in [0.15, 0.2) is 5.75 Å². The van der Waals surface area contributed by atoms with Crippen molar-refractivity contribution in [3.8, 4) is 5.75 Å². The lowest BCUT2D eigenvalue weighted by Crippen LogP contribution is -2.37. The van der Waals surface area contributed by atoms with Crippen molar-refractivity contribution >= 4 is 23.0 Å². The summed E-state index contributed by atoms with van der Waals surface area (Å²) in [6, 6.07) is 14.1. The number of phenols is 1. The number of H-pyrrole nitrogens is 1. The number of carbonyl (C=O) groups excluding carboxylic acids is 1. The van der Waals surface area contributed by atoms with E-state index in [1.807, 2.05) is 37.3 Å². The fourth-order valence-electron chi connectivity index (χ4n) is 4.88. The first kappa shape index (κ1) is 26.1. The molecule has 9 heteroatoms. The van der Waals surface area contributed by atoms with Crippen LogP contribution in [0.25, 0.3) is 0 Å². The van der Waals surface area contributed by atoms with Crippen LogP contribution in [-0.4, -0.2) is 39.8 Å². The summed E-state index contributed by atoms with van der Waals surface area (Å²) in [7, 11) is 3.19. The maximum absolute atomic E-state index is 13.8. The summed E-state index contributed by atoms with van der Waals surface area (Å²) < 4.78 is 1.42. The molecule has 0 aliphatic heterocycles. The molecule has 37 heavy (non-hydrogen) atoms. The van der Waals surface area contributed by atoms with Gasteiger partial charge in [-0.1, -0.05) is 62.6 Å². The summed E-state index contributed by atoms with van der Waals surface area (Å²) in [6.45, 7) is 2.00. The summed E-state index contributed by atoms with van der Waals surface area (Å²) in [6.07, 6.45) is 5.37. The minimum absolute atomic E-state index is 0.0356. The largest absolute Gasteiger partial charge is 0.505 e. The first-order chi connectivity index (χ1) is 17.8. The van der Waals surface area contributed by atoms with E-state index in [9.17, 15) is 19.5 Å². The molecule has 3 aromatic rings. The number of carbonyl (C=O) groups is 1. The molecule has 2 aromatic carbocycles. The molecule has 1 amide bonds. The molecule has 9 nitrogen and oxygen atoms in total. The quantitative estimate of drug-likeness (QED) is 0.328. The Kier molecular flexibility index (Phi) is 8.01. The number of para-hydroxylation sites is 1. The van der Waals surface area contributed by atoms with Gasteiger partial charge in [-0.15, -0.1) is 0 Å². The van der Waals surface area contributed by atoms with Gasteiger partial charge in [0.2, 0.25) is 0 Å². The molecule has 4 rings (SSSR count). The SMILES string of the molecule is CC[C@@H](Nc1c(Nc2cccc(C(=O)N(C)C)c2O)c(=O)n(C2CCCCC2)[nH]c1=O)c1ccccc1. The van der Waals surface area contributed by atoms with Crippen molar-refractivity contribution in [2.24, 2.45) is 0 Å². The van der Waals surface area contributed by atoms with Crippen molar-refractivity contribution in [3.05, 3.63) is 80.4 Å². The Balaban J connectivity index is 1.83. The number of amides is 1. The minimum Gasteiger partial charge on any atom is -0.505 e. The van der Waals surface area contributed by atoms with E-state index in [2.05, 4.69) is 15.7 Å². The lowest BCUT2D eigenvalue weighted by Gasteiger charge is -2.26. The highest BCUT2D eigenvalue weighted by Gasteiger charge is 2.25. The number of anilines is 3. The van der Waals surface area contributed by atoms with Crippen LogP contribution < -0.4 is 21.8 Å². The molecule has 0 unspecified atom stereocenters. The van der Waals surface area contributed by atoms with E-state index in [1.165, 1.54) is 15.6 Å². The Hall–Kier alpha value is -4.01. The fourth-order valence-corrected chi connectivity index (χ4v) is 4.88. The lowest BCUT2D eigenvalue weighted by molar-refractivity contribution is 0.0824. The highest BCUT2D eigenvalue weighted by Crippen LogP contribution is 2.33. The van der Waals surface area contributed by atoms with Crippen LogP contribution in [0.2, 0.25) is 0 Å². The fraction of sp³-hybridized carbons (Fsp3) is 0.393. The molecule has 0 bridgehead atoms. The molecule has 1 aliphatic carbocycles. The molecule has 1 saturated carbocycles. The number of rotatable bonds is 8. The van der Waals surface area contributed by atoms with Crippen molar-refractivity contribution < 1.29 is 9.90 Å². The molecule has 0 spiro atoms. The molecule has 196 valence electrons. The number of aromatic nitrogens is 2. The van der Waals surface area contributed by atoms with E-state index in [1.54, 1.807) is 26.2 Å². The first-order valence-electron chi connectivity index (χ1n) is 12.8. The minimum atomic E-state index is -0.429. The summed E-state index contributed by atoms with van der Waals surface area (Å²) in [5.74, 6) is -0.661. The number of aromatic hydroxyl groups is 1. The smallest absolute Gasteiger partial charge is 0.291 e. The van der Waals surface area contributed by atoms with Crippen LogP contribution >= 0.6 is 0 Å². The van der Waals surface area contributed by atoms with Gasteiger partial charge in [-0.05, 0) is 37.0 Å². The van der Waals surface area contributed by atoms with Crippen molar-refractivity contribution in [1.82, 2.24) is 14.7 Å². The van der Waals surface area contributed by atoms with Gasteiger partial charge in [-0.25, -0.2) is 4.68 Å². The van der Waals surface area contributed by atoms with Crippen LogP contribution in [0.3, 0.4) is 0 Å². The molecular weight excluding hydrogens is 470 g/mol. The van der Waals surface area contributed by atoms with E-state index >= 15 is 0 Å². The average molecular weight is 506 g/mol. The van der Waals surface area contributed by atoms with Crippen molar-refractivity contribution in [1.29, 1.82) is 0 Å². The number of hydrogen-bond donors (Lipinski definition) is 4. The van der Waals surface area contributed by atoms with E-state index in [-0.39, 0.29) is 51.9 Å². The van der Waals surface area contributed by atoms with Gasteiger partial charge in [0, 0.05) is 14.1 Å². The predicted octanol–water partition coefficient (Wildman–Crippen LogP) is 4.76. The third-order valence-electron chi connectivity index (χ3n) is 6.93. The average Bonchev–Trinajstić information content (AvgIpc) is 2.91. The van der Waals surface area contributed by atoms with Gasteiger partial charge in [0.05, 0.1) is 23.3 Å². The zero-order valence-electron chi connectivity index (χ0n) is 21.6. The van der Waals surface area contributed by atoms with E-state index in [4.69, 9.17) is 0 Å². The molecule has 1 heterocycles. The molecular formula is C28H35N5O4. The number of nitrogens with zero attached hydrogens (tertiary/aromatic N) is 2. The molecule has 1 aromatic heterocycles. The zero-order valence-corrected chi connectivity index (χ0v) is 21.6. The van der Waals surface area contributed by atoms with E-state index < -0.39 is 5.56 Å². The normalized spacial score (nSPS) is 14.7. The van der Waals surface area contributed by atoms with Gasteiger partial charge in [0.25, 0.3) is 17.0 Å². The number of nitrogens with one attached hydrogen (secondary N) is 3. The Labute approximate surface area is 216 Å². The summed E-state index contributed by atoms with van der Waals surface area (Å²) in [5.41, 5.74) is 0.556. The van der Waals surface area contributed by atoms with Gasteiger partial charge in [-0.2, -0.15) is 0 Å². The number of phenolic OH excluding ortho intramolecular Hbond substituents is 1. The number of hydrogen-bond acceptors (Lipinski definition) is 6. The van der Waals surface area contributed by atoms with Crippen LogP contribution in [0.4, 0.5) is 17.1 Å². The zero-order chi connectivity index (χ0) is 26.5. The molecule has 0 saturated heterocycles. The number of benzene rings is 2. The molecule has 4 N–H and O–H groups in total. The second-order valence-corrected chi connectivity index (χ2v) is 9.70. The Morgan fingerprint density at radius 1 is 1.05 bits per heavy atom. The molecule has 0 radical (unpaired) electrons. The van der Waals surface area contributed by atoms with Crippen molar-refractivity contribution in [2.75, 3.05) is 24.7 Å². The highest BCUT2D eigenvalue weighted by atomic mass is 16.3. The third kappa shape index (κ3) is 5.55. The lowest BCUT2D eigenvalue weighted by atomic mass is 9.95. The van der Waals surface area contributed by atoms with Crippen LogP contribution in [0.15, 0.2) is 58.1 Å². The topological polar surface area (TPSA) is 119 Å². The number of aromatic amines is 1. The summed E-state index contributed by atoms with van der Waals surface area (Å²) >= 11 is 0. The van der Waals surface area contributed by atoms with E-state index in [0.29, 0.717) is 6.42 Å². The maximum atomic E-state index is 13.8. The molecule has 1 atom stereocenters. The monoisotopic (exact) mass is 505 g/mol.